The van der Waals surface area contributed by atoms with E-state index in [-0.39, 0.29) is 18.0 Å². The van der Waals surface area contributed by atoms with Crippen LogP contribution in [0.3, 0.4) is 0 Å². The number of hydrogen-bond donors (Lipinski definition) is 2. The zero-order valence-electron chi connectivity index (χ0n) is 11.8. The van der Waals surface area contributed by atoms with Crippen LogP contribution in [0.2, 0.25) is 0 Å². The molecule has 4 nitrogen and oxygen atoms in total. The molecule has 4 heteroatoms. The molecule has 0 aliphatic carbocycles. The number of benzene rings is 1. The number of nitrogens with one attached hydrogen (secondary N) is 2. The first-order chi connectivity index (χ1) is 8.45. The Morgan fingerprint density at radius 2 is 1.72 bits per heavy atom. The molecule has 0 fully saturated rings. The van der Waals surface area contributed by atoms with E-state index in [2.05, 4.69) is 46.7 Å². The van der Waals surface area contributed by atoms with Crippen molar-refractivity contribution in [2.24, 2.45) is 0 Å². The Morgan fingerprint density at radius 3 is 2.17 bits per heavy atom. The van der Waals surface area contributed by atoms with Gasteiger partial charge >= 0.3 is 0 Å². The molecule has 0 spiro atoms. The summed E-state index contributed by atoms with van der Waals surface area (Å²) < 4.78 is 0. The largest absolute Gasteiger partial charge is 0.378 e. The molecule has 0 bridgehead atoms. The molecule has 1 aromatic rings. The summed E-state index contributed by atoms with van der Waals surface area (Å²) in [5.74, 6) is 0.00626. The first kappa shape index (κ1) is 14.5. The Bertz CT molecular complexity index is 387. The van der Waals surface area contributed by atoms with Gasteiger partial charge in [-0.15, -0.1) is 0 Å². The van der Waals surface area contributed by atoms with Gasteiger partial charge in [-0.25, -0.2) is 0 Å². The van der Waals surface area contributed by atoms with E-state index in [9.17, 15) is 4.79 Å². The standard InChI is InChI=1S/C14H23N3O/c1-10(16-11(2)14(18)15-3)12-6-8-13(9-7-12)17(4)5/h6-11,16H,1-5H3,(H,15,18). The lowest BCUT2D eigenvalue weighted by Gasteiger charge is -2.20. The van der Waals surface area contributed by atoms with Crippen molar-refractivity contribution in [1.29, 1.82) is 0 Å². The molecule has 1 aromatic carbocycles. The normalized spacial score (nSPS) is 13.8. The molecule has 0 heterocycles. The van der Waals surface area contributed by atoms with Crippen LogP contribution < -0.4 is 15.5 Å². The third-order valence-corrected chi connectivity index (χ3v) is 3.05. The zero-order valence-corrected chi connectivity index (χ0v) is 11.8. The first-order valence-corrected chi connectivity index (χ1v) is 6.20. The summed E-state index contributed by atoms with van der Waals surface area (Å²) in [7, 11) is 5.69. The number of rotatable bonds is 5. The van der Waals surface area contributed by atoms with E-state index >= 15 is 0 Å². The lowest BCUT2D eigenvalue weighted by atomic mass is 10.1. The number of nitrogens with zero attached hydrogens (tertiary/aromatic N) is 1. The zero-order chi connectivity index (χ0) is 13.7. The monoisotopic (exact) mass is 249 g/mol. The Kier molecular flexibility index (Phi) is 5.16. The van der Waals surface area contributed by atoms with Crippen LogP contribution in [0.4, 0.5) is 5.69 Å². The molecule has 1 amide bonds. The predicted molar refractivity (Wildman–Crippen MR) is 75.8 cm³/mol. The van der Waals surface area contributed by atoms with Crippen molar-refractivity contribution in [3.63, 3.8) is 0 Å². The van der Waals surface area contributed by atoms with Crippen LogP contribution in [0.5, 0.6) is 0 Å². The first-order valence-electron chi connectivity index (χ1n) is 6.20. The molecule has 2 unspecified atom stereocenters. The van der Waals surface area contributed by atoms with Crippen LogP contribution in [-0.2, 0) is 4.79 Å². The molecule has 2 N–H and O–H groups in total. The third kappa shape index (κ3) is 3.74. The summed E-state index contributed by atoms with van der Waals surface area (Å²) >= 11 is 0. The van der Waals surface area contributed by atoms with Gasteiger partial charge in [0.1, 0.15) is 0 Å². The minimum atomic E-state index is -0.196. The van der Waals surface area contributed by atoms with Crippen molar-refractivity contribution in [1.82, 2.24) is 10.6 Å². The highest BCUT2D eigenvalue weighted by Crippen LogP contribution is 2.17. The second-order valence-electron chi connectivity index (χ2n) is 4.71. The van der Waals surface area contributed by atoms with E-state index in [1.807, 2.05) is 21.0 Å². The van der Waals surface area contributed by atoms with Gasteiger partial charge in [-0.3, -0.25) is 10.1 Å². The Balaban J connectivity index is 2.67. The topological polar surface area (TPSA) is 44.4 Å². The maximum Gasteiger partial charge on any atom is 0.236 e. The highest BCUT2D eigenvalue weighted by molar-refractivity contribution is 5.80. The SMILES string of the molecule is CNC(=O)C(C)NC(C)c1ccc(N(C)C)cc1. The van der Waals surface area contributed by atoms with E-state index in [0.717, 1.165) is 0 Å². The van der Waals surface area contributed by atoms with Gasteiger partial charge in [-0.2, -0.15) is 0 Å². The molecule has 1 rings (SSSR count). The smallest absolute Gasteiger partial charge is 0.236 e. The van der Waals surface area contributed by atoms with Crippen LogP contribution >= 0.6 is 0 Å². The molecular weight excluding hydrogens is 226 g/mol. The Morgan fingerprint density at radius 1 is 1.17 bits per heavy atom. The van der Waals surface area contributed by atoms with Gasteiger partial charge < -0.3 is 10.2 Å². The van der Waals surface area contributed by atoms with E-state index in [4.69, 9.17) is 0 Å². The molecule has 0 aliphatic rings. The summed E-state index contributed by atoms with van der Waals surface area (Å²) in [5.41, 5.74) is 2.35. The van der Waals surface area contributed by atoms with Crippen molar-refractivity contribution < 1.29 is 4.79 Å². The number of likely N-dealkylation sites (N-methyl/N-ethyl adjacent to an activating group) is 1. The second kappa shape index (κ2) is 6.40. The number of amides is 1. The van der Waals surface area contributed by atoms with Crippen LogP contribution in [-0.4, -0.2) is 33.1 Å². The Labute approximate surface area is 109 Å². The molecule has 2 atom stereocenters. The summed E-state index contributed by atoms with van der Waals surface area (Å²) in [6.45, 7) is 3.92. The van der Waals surface area contributed by atoms with Crippen molar-refractivity contribution in [3.05, 3.63) is 29.8 Å². The lowest BCUT2D eigenvalue weighted by Crippen LogP contribution is -2.41. The molecule has 18 heavy (non-hydrogen) atoms. The van der Waals surface area contributed by atoms with Crippen molar-refractivity contribution in [2.75, 3.05) is 26.0 Å². The maximum absolute atomic E-state index is 11.4. The average molecular weight is 249 g/mol. The minimum absolute atomic E-state index is 0.00626. The van der Waals surface area contributed by atoms with E-state index in [0.29, 0.717) is 0 Å². The number of carbonyl (C=O) groups is 1. The highest BCUT2D eigenvalue weighted by atomic mass is 16.2. The third-order valence-electron chi connectivity index (χ3n) is 3.05. The van der Waals surface area contributed by atoms with Crippen LogP contribution in [0, 0.1) is 0 Å². The van der Waals surface area contributed by atoms with Crippen LogP contribution in [0.25, 0.3) is 0 Å². The molecule has 0 saturated carbocycles. The van der Waals surface area contributed by atoms with E-state index in [1.54, 1.807) is 7.05 Å². The lowest BCUT2D eigenvalue weighted by molar-refractivity contribution is -0.122. The number of anilines is 1. The average Bonchev–Trinajstić information content (AvgIpc) is 2.37. The summed E-state index contributed by atoms with van der Waals surface area (Å²) in [6, 6.07) is 8.29. The maximum atomic E-state index is 11.4. The van der Waals surface area contributed by atoms with Gasteiger partial charge in [0.25, 0.3) is 0 Å². The van der Waals surface area contributed by atoms with Gasteiger partial charge in [0, 0.05) is 32.9 Å². The molecule has 100 valence electrons. The van der Waals surface area contributed by atoms with Gasteiger partial charge in [-0.1, -0.05) is 12.1 Å². The predicted octanol–water partition coefficient (Wildman–Crippen LogP) is 1.54. The fourth-order valence-corrected chi connectivity index (χ4v) is 1.82. The van der Waals surface area contributed by atoms with Gasteiger partial charge in [0.2, 0.25) is 5.91 Å². The fourth-order valence-electron chi connectivity index (χ4n) is 1.82. The van der Waals surface area contributed by atoms with Crippen LogP contribution in [0.15, 0.2) is 24.3 Å². The molecular formula is C14H23N3O. The summed E-state index contributed by atoms with van der Waals surface area (Å²) in [6.07, 6.45) is 0. The Hall–Kier alpha value is -1.55. The van der Waals surface area contributed by atoms with Crippen molar-refractivity contribution in [2.45, 2.75) is 25.9 Å². The van der Waals surface area contributed by atoms with Gasteiger partial charge in [0.05, 0.1) is 6.04 Å². The molecule has 0 aliphatic heterocycles. The highest BCUT2D eigenvalue weighted by Gasteiger charge is 2.14. The van der Waals surface area contributed by atoms with Crippen molar-refractivity contribution >= 4 is 11.6 Å². The fraction of sp³-hybridized carbons (Fsp3) is 0.500. The summed E-state index contributed by atoms with van der Waals surface area (Å²) in [4.78, 5) is 13.5. The summed E-state index contributed by atoms with van der Waals surface area (Å²) in [5, 5.41) is 5.91. The second-order valence-corrected chi connectivity index (χ2v) is 4.71. The minimum Gasteiger partial charge on any atom is -0.378 e. The van der Waals surface area contributed by atoms with Gasteiger partial charge in [-0.05, 0) is 31.5 Å². The number of hydrogen-bond acceptors (Lipinski definition) is 3. The molecule has 0 radical (unpaired) electrons. The van der Waals surface area contributed by atoms with E-state index < -0.39 is 0 Å². The van der Waals surface area contributed by atoms with Gasteiger partial charge in [0.15, 0.2) is 0 Å². The van der Waals surface area contributed by atoms with E-state index in [1.165, 1.54) is 11.3 Å². The molecule has 0 saturated heterocycles. The number of carbonyl (C=O) groups excluding carboxylic acids is 1. The van der Waals surface area contributed by atoms with Crippen molar-refractivity contribution in [3.8, 4) is 0 Å². The molecule has 0 aromatic heterocycles. The van der Waals surface area contributed by atoms with Crippen LogP contribution in [0.1, 0.15) is 25.5 Å². The quantitative estimate of drug-likeness (QED) is 0.832.